The molecule has 8 heteroatoms. The normalized spacial score (nSPS) is 22.7. The van der Waals surface area contributed by atoms with Crippen LogP contribution in [0.25, 0.3) is 0 Å². The van der Waals surface area contributed by atoms with Crippen LogP contribution >= 0.6 is 23.2 Å². The van der Waals surface area contributed by atoms with E-state index in [-0.39, 0.29) is 17.9 Å². The molecule has 0 radical (unpaired) electrons. The van der Waals surface area contributed by atoms with E-state index < -0.39 is 23.8 Å². The molecule has 39 heavy (non-hydrogen) atoms. The van der Waals surface area contributed by atoms with Gasteiger partial charge in [0.15, 0.2) is 0 Å². The number of nitrogens with one attached hydrogen (secondary N) is 1. The molecular weight excluding hydrogens is 535 g/mol. The van der Waals surface area contributed by atoms with Crippen molar-refractivity contribution in [3.8, 4) is 0 Å². The molecule has 6 nitrogen and oxygen atoms in total. The summed E-state index contributed by atoms with van der Waals surface area (Å²) in [7, 11) is 0. The van der Waals surface area contributed by atoms with Crippen LogP contribution < -0.4 is 5.32 Å². The molecule has 1 aliphatic carbocycles. The van der Waals surface area contributed by atoms with Crippen LogP contribution in [-0.2, 0) is 16.0 Å². The van der Waals surface area contributed by atoms with Crippen molar-refractivity contribution in [2.45, 2.75) is 50.1 Å². The molecule has 0 bridgehead atoms. The highest BCUT2D eigenvalue weighted by Crippen LogP contribution is 2.48. The number of hydrogen-bond acceptors (Lipinski definition) is 3. The van der Waals surface area contributed by atoms with Crippen molar-refractivity contribution < 1.29 is 19.5 Å². The second-order valence-electron chi connectivity index (χ2n) is 10.3. The largest absolute Gasteiger partial charge is 0.481 e. The first-order chi connectivity index (χ1) is 18.8. The summed E-state index contributed by atoms with van der Waals surface area (Å²) in [4.78, 5) is 41.5. The fourth-order valence-corrected chi connectivity index (χ4v) is 6.51. The molecule has 1 fully saturated rings. The number of benzene rings is 3. The molecule has 0 aromatic heterocycles. The topological polar surface area (TPSA) is 86.7 Å². The third kappa shape index (κ3) is 5.68. The molecule has 1 aliphatic heterocycles. The SMILES string of the molecule is O=C(NCCc1ccccc1)[C@@H]1c2ccccc2C(=O)N([C@H]2CC[C@@H](C(=O)O)CC2)[C@H]1c1ccc(Cl)cc1Cl. The number of amides is 2. The van der Waals surface area contributed by atoms with Crippen molar-refractivity contribution >= 4 is 41.0 Å². The predicted molar refractivity (Wildman–Crippen MR) is 151 cm³/mol. The summed E-state index contributed by atoms with van der Waals surface area (Å²) in [5, 5.41) is 13.5. The highest BCUT2D eigenvalue weighted by Gasteiger charge is 2.48. The maximum Gasteiger partial charge on any atom is 0.306 e. The Balaban J connectivity index is 1.54. The maximum atomic E-state index is 14.1. The highest BCUT2D eigenvalue weighted by atomic mass is 35.5. The zero-order valence-corrected chi connectivity index (χ0v) is 22.9. The van der Waals surface area contributed by atoms with Gasteiger partial charge in [-0.25, -0.2) is 0 Å². The second-order valence-corrected chi connectivity index (χ2v) is 11.1. The first kappa shape index (κ1) is 27.2. The van der Waals surface area contributed by atoms with E-state index >= 15 is 0 Å². The summed E-state index contributed by atoms with van der Waals surface area (Å²) >= 11 is 13.0. The molecule has 0 spiro atoms. The van der Waals surface area contributed by atoms with Crippen molar-refractivity contribution in [1.29, 1.82) is 0 Å². The Kier molecular flexibility index (Phi) is 8.24. The van der Waals surface area contributed by atoms with Gasteiger partial charge in [0.2, 0.25) is 5.91 Å². The number of fused-ring (bicyclic) bond motifs is 1. The van der Waals surface area contributed by atoms with E-state index in [9.17, 15) is 19.5 Å². The number of carbonyl (C=O) groups is 3. The Labute approximate surface area is 237 Å². The smallest absolute Gasteiger partial charge is 0.306 e. The summed E-state index contributed by atoms with van der Waals surface area (Å²) in [5.41, 5.74) is 2.91. The number of carboxylic acid groups (broad SMARTS) is 1. The number of halogens is 2. The number of carboxylic acids is 1. The fourth-order valence-electron chi connectivity index (χ4n) is 5.99. The average Bonchev–Trinajstić information content (AvgIpc) is 2.94. The molecule has 0 saturated heterocycles. The minimum Gasteiger partial charge on any atom is -0.481 e. The van der Waals surface area contributed by atoms with E-state index in [1.54, 1.807) is 35.2 Å². The Morgan fingerprint density at radius 1 is 0.897 bits per heavy atom. The predicted octanol–water partition coefficient (Wildman–Crippen LogP) is 6.28. The lowest BCUT2D eigenvalue weighted by atomic mass is 9.76. The van der Waals surface area contributed by atoms with Crippen LogP contribution in [0, 0.1) is 5.92 Å². The Hall–Kier alpha value is -3.35. The van der Waals surface area contributed by atoms with E-state index in [1.165, 1.54) is 0 Å². The summed E-state index contributed by atoms with van der Waals surface area (Å²) in [6.45, 7) is 0.445. The van der Waals surface area contributed by atoms with Crippen molar-refractivity contribution in [3.05, 3.63) is 105 Å². The van der Waals surface area contributed by atoms with Crippen LogP contribution in [0.3, 0.4) is 0 Å². The fraction of sp³-hybridized carbons (Fsp3) is 0.323. The van der Waals surface area contributed by atoms with Crippen LogP contribution in [0.2, 0.25) is 10.0 Å². The Morgan fingerprint density at radius 2 is 1.59 bits per heavy atom. The molecule has 5 rings (SSSR count). The summed E-state index contributed by atoms with van der Waals surface area (Å²) in [5.74, 6) is -2.30. The molecule has 3 aromatic carbocycles. The monoisotopic (exact) mass is 564 g/mol. The van der Waals surface area contributed by atoms with Gasteiger partial charge >= 0.3 is 5.97 Å². The molecule has 1 heterocycles. The van der Waals surface area contributed by atoms with Gasteiger partial charge in [-0.15, -0.1) is 0 Å². The summed E-state index contributed by atoms with van der Waals surface area (Å²) in [6.07, 6.45) is 2.69. The molecular formula is C31H30Cl2N2O4. The van der Waals surface area contributed by atoms with Gasteiger partial charge in [-0.05, 0) is 67.0 Å². The molecule has 202 valence electrons. The first-order valence-electron chi connectivity index (χ1n) is 13.3. The Bertz CT molecular complexity index is 1370. The number of hydrogen-bond donors (Lipinski definition) is 2. The van der Waals surface area contributed by atoms with Gasteiger partial charge in [0.1, 0.15) is 0 Å². The number of rotatable bonds is 7. The van der Waals surface area contributed by atoms with Crippen LogP contribution in [-0.4, -0.2) is 40.4 Å². The van der Waals surface area contributed by atoms with Crippen molar-refractivity contribution in [2.24, 2.45) is 5.92 Å². The van der Waals surface area contributed by atoms with Crippen LogP contribution in [0.5, 0.6) is 0 Å². The summed E-state index contributed by atoms with van der Waals surface area (Å²) < 4.78 is 0. The van der Waals surface area contributed by atoms with E-state index in [0.29, 0.717) is 65.4 Å². The number of carbonyl (C=O) groups excluding carboxylic acids is 2. The maximum absolute atomic E-state index is 14.1. The molecule has 2 atom stereocenters. The third-order valence-electron chi connectivity index (χ3n) is 7.93. The molecule has 1 saturated carbocycles. The van der Waals surface area contributed by atoms with E-state index in [4.69, 9.17) is 23.2 Å². The minimum atomic E-state index is -0.809. The van der Waals surface area contributed by atoms with Crippen molar-refractivity contribution in [2.75, 3.05) is 6.54 Å². The van der Waals surface area contributed by atoms with Gasteiger partial charge in [0.25, 0.3) is 5.91 Å². The standard InChI is InChI=1S/C31H30Cl2N2O4/c32-21-12-15-25(26(33)18-21)28-27(29(36)34-17-16-19-6-2-1-3-7-19)23-8-4-5-9-24(23)30(37)35(28)22-13-10-20(11-14-22)31(38)39/h1-9,12,15,18,20,22,27-28H,10-11,13-14,16-17H2,(H,34,36)(H,38,39)/t20-,22+,27-,28+/m1/s1. The van der Waals surface area contributed by atoms with Gasteiger partial charge in [-0.2, -0.15) is 0 Å². The van der Waals surface area contributed by atoms with E-state index in [1.807, 2.05) is 42.5 Å². The van der Waals surface area contributed by atoms with Crippen LogP contribution in [0.4, 0.5) is 0 Å². The average molecular weight is 565 g/mol. The molecule has 2 amide bonds. The first-order valence-corrected chi connectivity index (χ1v) is 14.0. The minimum absolute atomic E-state index is 0.172. The quantitative estimate of drug-likeness (QED) is 0.353. The lowest BCUT2D eigenvalue weighted by molar-refractivity contribution is -0.143. The summed E-state index contributed by atoms with van der Waals surface area (Å²) in [6, 6.07) is 21.4. The molecule has 2 N–H and O–H groups in total. The van der Waals surface area contributed by atoms with Gasteiger partial charge in [-0.3, -0.25) is 14.4 Å². The van der Waals surface area contributed by atoms with Gasteiger partial charge < -0.3 is 15.3 Å². The lowest BCUT2D eigenvalue weighted by Gasteiger charge is -2.47. The van der Waals surface area contributed by atoms with Crippen LogP contribution in [0.1, 0.15) is 64.7 Å². The van der Waals surface area contributed by atoms with Gasteiger partial charge in [-0.1, -0.05) is 77.8 Å². The van der Waals surface area contributed by atoms with Gasteiger partial charge in [0.05, 0.1) is 17.9 Å². The van der Waals surface area contributed by atoms with E-state index in [0.717, 1.165) is 5.56 Å². The van der Waals surface area contributed by atoms with Crippen molar-refractivity contribution in [3.63, 3.8) is 0 Å². The second kappa shape index (κ2) is 11.8. The molecule has 2 aliphatic rings. The number of aliphatic carboxylic acids is 1. The molecule has 0 unspecified atom stereocenters. The van der Waals surface area contributed by atoms with E-state index in [2.05, 4.69) is 5.32 Å². The lowest BCUT2D eigenvalue weighted by Crippen LogP contribution is -2.52. The zero-order chi connectivity index (χ0) is 27.5. The zero-order valence-electron chi connectivity index (χ0n) is 21.4. The molecule has 3 aromatic rings. The van der Waals surface area contributed by atoms with Gasteiger partial charge in [0, 0.05) is 28.2 Å². The Morgan fingerprint density at radius 3 is 2.28 bits per heavy atom. The van der Waals surface area contributed by atoms with Crippen molar-refractivity contribution in [1.82, 2.24) is 10.2 Å². The highest BCUT2D eigenvalue weighted by molar-refractivity contribution is 6.35. The third-order valence-corrected chi connectivity index (χ3v) is 8.50. The number of nitrogens with zero attached hydrogens (tertiary/aromatic N) is 1. The van der Waals surface area contributed by atoms with Crippen LogP contribution in [0.15, 0.2) is 72.8 Å².